The highest BCUT2D eigenvalue weighted by molar-refractivity contribution is 7.09. The highest BCUT2D eigenvalue weighted by Gasteiger charge is 2.26. The van der Waals surface area contributed by atoms with Gasteiger partial charge in [-0.3, -0.25) is 4.90 Å². The molecule has 2 heterocycles. The maximum Gasteiger partial charge on any atom is 0.107 e. The van der Waals surface area contributed by atoms with E-state index in [0.29, 0.717) is 6.04 Å². The summed E-state index contributed by atoms with van der Waals surface area (Å²) in [5.41, 5.74) is 1.24. The smallest absolute Gasteiger partial charge is 0.107 e. The van der Waals surface area contributed by atoms with Crippen LogP contribution in [0.2, 0.25) is 0 Å². The summed E-state index contributed by atoms with van der Waals surface area (Å²) >= 11 is 1.77. The fourth-order valence-electron chi connectivity index (χ4n) is 2.55. The SMILES string of the molecule is CCNCc1nc(CN2CC(C)CC2C)cs1. The fourth-order valence-corrected chi connectivity index (χ4v) is 3.30. The molecule has 0 radical (unpaired) electrons. The van der Waals surface area contributed by atoms with Gasteiger partial charge in [-0.25, -0.2) is 4.98 Å². The van der Waals surface area contributed by atoms with E-state index in [1.54, 1.807) is 11.3 Å². The summed E-state index contributed by atoms with van der Waals surface area (Å²) in [5.74, 6) is 0.838. The molecule has 0 aliphatic carbocycles. The zero-order chi connectivity index (χ0) is 12.3. The largest absolute Gasteiger partial charge is 0.311 e. The van der Waals surface area contributed by atoms with Crippen LogP contribution in [0.25, 0.3) is 0 Å². The molecule has 2 rings (SSSR count). The highest BCUT2D eigenvalue weighted by atomic mass is 32.1. The van der Waals surface area contributed by atoms with E-state index in [1.807, 2.05) is 0 Å². The average Bonchev–Trinajstić information content (AvgIpc) is 2.84. The lowest BCUT2D eigenvalue weighted by Crippen LogP contribution is -2.26. The summed E-state index contributed by atoms with van der Waals surface area (Å²) in [6.45, 7) is 11.0. The molecule has 3 nitrogen and oxygen atoms in total. The molecule has 2 unspecified atom stereocenters. The summed E-state index contributed by atoms with van der Waals surface area (Å²) in [5, 5.41) is 6.74. The van der Waals surface area contributed by atoms with Crippen molar-refractivity contribution in [3.8, 4) is 0 Å². The van der Waals surface area contributed by atoms with E-state index in [0.717, 1.165) is 25.6 Å². The van der Waals surface area contributed by atoms with Gasteiger partial charge in [-0.05, 0) is 25.8 Å². The third-order valence-electron chi connectivity index (χ3n) is 3.40. The third kappa shape index (κ3) is 3.50. The Morgan fingerprint density at radius 1 is 1.53 bits per heavy atom. The van der Waals surface area contributed by atoms with Gasteiger partial charge in [-0.15, -0.1) is 11.3 Å². The number of aromatic nitrogens is 1. The molecule has 2 atom stereocenters. The number of hydrogen-bond acceptors (Lipinski definition) is 4. The number of thiazole rings is 1. The number of nitrogens with zero attached hydrogens (tertiary/aromatic N) is 2. The van der Waals surface area contributed by atoms with E-state index in [4.69, 9.17) is 0 Å². The lowest BCUT2D eigenvalue weighted by molar-refractivity contribution is 0.254. The van der Waals surface area contributed by atoms with Gasteiger partial charge in [0.2, 0.25) is 0 Å². The molecule has 0 bridgehead atoms. The Labute approximate surface area is 108 Å². The van der Waals surface area contributed by atoms with Crippen LogP contribution < -0.4 is 5.32 Å². The van der Waals surface area contributed by atoms with Crippen molar-refractivity contribution >= 4 is 11.3 Å². The minimum absolute atomic E-state index is 0.712. The van der Waals surface area contributed by atoms with Crippen molar-refractivity contribution in [1.82, 2.24) is 15.2 Å². The highest BCUT2D eigenvalue weighted by Crippen LogP contribution is 2.24. The van der Waals surface area contributed by atoms with E-state index in [9.17, 15) is 0 Å². The van der Waals surface area contributed by atoms with Crippen LogP contribution in [0.5, 0.6) is 0 Å². The standard InChI is InChI=1S/C13H23N3S/c1-4-14-6-13-15-12(9-17-13)8-16-7-10(2)5-11(16)3/h9-11,14H,4-8H2,1-3H3. The van der Waals surface area contributed by atoms with E-state index >= 15 is 0 Å². The second-order valence-electron chi connectivity index (χ2n) is 5.13. The van der Waals surface area contributed by atoms with Gasteiger partial charge in [0.25, 0.3) is 0 Å². The van der Waals surface area contributed by atoms with Gasteiger partial charge in [0.1, 0.15) is 5.01 Å². The van der Waals surface area contributed by atoms with E-state index < -0.39 is 0 Å². The summed E-state index contributed by atoms with van der Waals surface area (Å²) < 4.78 is 0. The van der Waals surface area contributed by atoms with Gasteiger partial charge in [0.05, 0.1) is 5.69 Å². The first kappa shape index (κ1) is 13.0. The maximum absolute atomic E-state index is 4.69. The molecular weight excluding hydrogens is 230 g/mol. The molecule has 1 saturated heterocycles. The van der Waals surface area contributed by atoms with Crippen molar-refractivity contribution in [3.63, 3.8) is 0 Å². The van der Waals surface area contributed by atoms with Crippen LogP contribution >= 0.6 is 11.3 Å². The zero-order valence-electron chi connectivity index (χ0n) is 11.1. The molecule has 1 aromatic rings. The predicted molar refractivity (Wildman–Crippen MR) is 73.1 cm³/mol. The molecule has 1 aromatic heterocycles. The first-order valence-corrected chi connectivity index (χ1v) is 7.45. The minimum Gasteiger partial charge on any atom is -0.311 e. The van der Waals surface area contributed by atoms with Gasteiger partial charge < -0.3 is 5.32 Å². The molecule has 1 aliphatic heterocycles. The van der Waals surface area contributed by atoms with Crippen molar-refractivity contribution in [2.75, 3.05) is 13.1 Å². The third-order valence-corrected chi connectivity index (χ3v) is 4.30. The van der Waals surface area contributed by atoms with Crippen LogP contribution in [0.15, 0.2) is 5.38 Å². The van der Waals surface area contributed by atoms with Crippen LogP contribution in [0.1, 0.15) is 37.9 Å². The van der Waals surface area contributed by atoms with Crippen molar-refractivity contribution < 1.29 is 0 Å². The molecule has 0 aromatic carbocycles. The molecule has 1 fully saturated rings. The molecule has 17 heavy (non-hydrogen) atoms. The fraction of sp³-hybridized carbons (Fsp3) is 0.769. The summed E-state index contributed by atoms with van der Waals surface area (Å²) in [6.07, 6.45) is 1.33. The second kappa shape index (κ2) is 5.94. The van der Waals surface area contributed by atoms with Gasteiger partial charge in [0.15, 0.2) is 0 Å². The lowest BCUT2D eigenvalue weighted by Gasteiger charge is -2.19. The lowest BCUT2D eigenvalue weighted by atomic mass is 10.1. The summed E-state index contributed by atoms with van der Waals surface area (Å²) in [7, 11) is 0. The molecule has 96 valence electrons. The van der Waals surface area contributed by atoms with Crippen LogP contribution in [-0.4, -0.2) is 29.0 Å². The maximum atomic E-state index is 4.69. The Hall–Kier alpha value is -0.450. The van der Waals surface area contributed by atoms with Gasteiger partial charge in [-0.1, -0.05) is 13.8 Å². The second-order valence-corrected chi connectivity index (χ2v) is 6.07. The molecule has 0 amide bonds. The number of nitrogens with one attached hydrogen (secondary N) is 1. The Morgan fingerprint density at radius 2 is 2.35 bits per heavy atom. The van der Waals surface area contributed by atoms with Gasteiger partial charge in [-0.2, -0.15) is 0 Å². The quantitative estimate of drug-likeness (QED) is 0.874. The predicted octanol–water partition coefficient (Wildman–Crippen LogP) is 2.48. The van der Waals surface area contributed by atoms with Crippen molar-refractivity contribution in [2.45, 2.75) is 46.3 Å². The Balaban J connectivity index is 1.88. The minimum atomic E-state index is 0.712. The Morgan fingerprint density at radius 3 is 3.00 bits per heavy atom. The van der Waals surface area contributed by atoms with Crippen LogP contribution in [0.4, 0.5) is 0 Å². The average molecular weight is 253 g/mol. The monoisotopic (exact) mass is 253 g/mol. The van der Waals surface area contributed by atoms with Crippen molar-refractivity contribution in [2.24, 2.45) is 5.92 Å². The summed E-state index contributed by atoms with van der Waals surface area (Å²) in [4.78, 5) is 7.24. The van der Waals surface area contributed by atoms with Crippen LogP contribution in [-0.2, 0) is 13.1 Å². The van der Waals surface area contributed by atoms with E-state index in [-0.39, 0.29) is 0 Å². The van der Waals surface area contributed by atoms with Gasteiger partial charge in [0, 0.05) is 31.1 Å². The molecule has 0 saturated carbocycles. The van der Waals surface area contributed by atoms with Gasteiger partial charge >= 0.3 is 0 Å². The van der Waals surface area contributed by atoms with Crippen LogP contribution in [0, 0.1) is 5.92 Å². The van der Waals surface area contributed by atoms with Crippen molar-refractivity contribution in [3.05, 3.63) is 16.1 Å². The molecule has 1 N–H and O–H groups in total. The number of hydrogen-bond donors (Lipinski definition) is 1. The normalized spacial score (nSPS) is 25.6. The first-order valence-electron chi connectivity index (χ1n) is 6.57. The molecule has 4 heteroatoms. The first-order chi connectivity index (χ1) is 8.19. The molecule has 0 spiro atoms. The van der Waals surface area contributed by atoms with Crippen LogP contribution in [0.3, 0.4) is 0 Å². The zero-order valence-corrected chi connectivity index (χ0v) is 11.9. The summed E-state index contributed by atoms with van der Waals surface area (Å²) in [6, 6.07) is 0.712. The van der Waals surface area contributed by atoms with E-state index in [2.05, 4.69) is 41.4 Å². The number of rotatable bonds is 5. The Bertz CT molecular complexity index is 350. The van der Waals surface area contributed by atoms with E-state index in [1.165, 1.54) is 23.7 Å². The topological polar surface area (TPSA) is 28.2 Å². The Kier molecular flexibility index (Phi) is 4.54. The molecular formula is C13H23N3S. The number of likely N-dealkylation sites (tertiary alicyclic amines) is 1. The molecule has 1 aliphatic rings. The van der Waals surface area contributed by atoms with Crippen molar-refractivity contribution in [1.29, 1.82) is 0 Å².